The Morgan fingerprint density at radius 1 is 1.15 bits per heavy atom. The van der Waals surface area contributed by atoms with E-state index in [0.717, 1.165) is 16.7 Å². The molecule has 1 aliphatic heterocycles. The van der Waals surface area contributed by atoms with Crippen LogP contribution in [0.4, 0.5) is 10.5 Å². The third-order valence-corrected chi connectivity index (χ3v) is 6.37. The molecule has 0 aliphatic carbocycles. The Morgan fingerprint density at radius 3 is 2.52 bits per heavy atom. The van der Waals surface area contributed by atoms with Crippen LogP contribution in [0.3, 0.4) is 0 Å². The second-order valence-corrected chi connectivity index (χ2v) is 8.88. The summed E-state index contributed by atoms with van der Waals surface area (Å²) in [7, 11) is 2.99. The summed E-state index contributed by atoms with van der Waals surface area (Å²) in [5, 5.41) is 2.40. The highest BCUT2D eigenvalue weighted by atomic mass is 79.9. The first-order chi connectivity index (χ1) is 15.8. The molecule has 174 valence electrons. The maximum atomic E-state index is 12.8. The smallest absolute Gasteiger partial charge is 0.294 e. The summed E-state index contributed by atoms with van der Waals surface area (Å²) >= 11 is 10.3. The predicted molar refractivity (Wildman–Crippen MR) is 131 cm³/mol. The van der Waals surface area contributed by atoms with Gasteiger partial charge in [-0.1, -0.05) is 27.5 Å². The summed E-state index contributed by atoms with van der Waals surface area (Å²) in [5.74, 6) is 0.398. The van der Waals surface area contributed by atoms with Crippen molar-refractivity contribution < 1.29 is 28.6 Å². The lowest BCUT2D eigenvalue weighted by Crippen LogP contribution is -2.36. The molecule has 1 heterocycles. The highest BCUT2D eigenvalue weighted by Gasteiger charge is 2.36. The Kier molecular flexibility index (Phi) is 8.28. The number of nitrogens with one attached hydrogen (secondary N) is 1. The molecule has 11 heteroatoms. The van der Waals surface area contributed by atoms with Gasteiger partial charge in [-0.05, 0) is 60.7 Å². The second kappa shape index (κ2) is 11.0. The van der Waals surface area contributed by atoms with Crippen LogP contribution in [0.5, 0.6) is 17.2 Å². The van der Waals surface area contributed by atoms with Crippen LogP contribution in [0, 0.1) is 0 Å². The van der Waals surface area contributed by atoms with Gasteiger partial charge >= 0.3 is 0 Å². The van der Waals surface area contributed by atoms with E-state index >= 15 is 0 Å². The molecule has 1 fully saturated rings. The van der Waals surface area contributed by atoms with Gasteiger partial charge in [-0.15, -0.1) is 0 Å². The normalized spacial score (nSPS) is 14.6. The fourth-order valence-corrected chi connectivity index (χ4v) is 4.48. The Morgan fingerprint density at radius 2 is 1.88 bits per heavy atom. The van der Waals surface area contributed by atoms with E-state index in [9.17, 15) is 14.4 Å². The van der Waals surface area contributed by atoms with E-state index in [0.29, 0.717) is 44.6 Å². The molecule has 1 N–H and O–H groups in total. The van der Waals surface area contributed by atoms with Crippen molar-refractivity contribution in [3.05, 3.63) is 50.3 Å². The summed E-state index contributed by atoms with van der Waals surface area (Å²) in [6.07, 6.45) is 1.56. The van der Waals surface area contributed by atoms with Crippen LogP contribution in [0.1, 0.15) is 12.5 Å². The molecule has 0 aromatic heterocycles. The van der Waals surface area contributed by atoms with Crippen LogP contribution in [0.2, 0.25) is 5.02 Å². The molecule has 0 unspecified atom stereocenters. The van der Waals surface area contributed by atoms with E-state index in [4.69, 9.17) is 25.8 Å². The highest BCUT2D eigenvalue weighted by molar-refractivity contribution is 9.10. The quantitative estimate of drug-likeness (QED) is 0.448. The lowest BCUT2D eigenvalue weighted by Gasteiger charge is -2.13. The maximum absolute atomic E-state index is 12.8. The Labute approximate surface area is 208 Å². The van der Waals surface area contributed by atoms with Crippen molar-refractivity contribution in [2.24, 2.45) is 0 Å². The van der Waals surface area contributed by atoms with Crippen molar-refractivity contribution in [3.63, 3.8) is 0 Å². The minimum Gasteiger partial charge on any atom is -0.495 e. The number of thioether (sulfide) groups is 1. The Bertz CT molecular complexity index is 1140. The second-order valence-electron chi connectivity index (χ2n) is 6.62. The minimum absolute atomic E-state index is 0.187. The zero-order valence-corrected chi connectivity index (χ0v) is 21.1. The molecule has 1 aliphatic rings. The van der Waals surface area contributed by atoms with Gasteiger partial charge in [-0.25, -0.2) is 0 Å². The molecule has 3 rings (SSSR count). The van der Waals surface area contributed by atoms with Crippen LogP contribution < -0.4 is 19.5 Å². The van der Waals surface area contributed by atoms with Crippen molar-refractivity contribution in [1.82, 2.24) is 4.90 Å². The molecule has 33 heavy (non-hydrogen) atoms. The van der Waals surface area contributed by atoms with Gasteiger partial charge in [0, 0.05) is 10.2 Å². The van der Waals surface area contributed by atoms with Crippen LogP contribution in [-0.2, 0) is 9.59 Å². The predicted octanol–water partition coefficient (Wildman–Crippen LogP) is 5.19. The number of carbonyl (C=O) groups is 3. The molecule has 3 amide bonds. The summed E-state index contributed by atoms with van der Waals surface area (Å²) < 4.78 is 16.6. The largest absolute Gasteiger partial charge is 0.495 e. The molecule has 0 saturated carbocycles. The average Bonchev–Trinajstić information content (AvgIpc) is 3.03. The SMILES string of the molecule is CCOc1cc(Br)c(/C=C2\SC(=O)N(CC(=O)Nc3ccc(OC)c(Cl)c3)C2=O)cc1OC. The topological polar surface area (TPSA) is 94.2 Å². The van der Waals surface area contributed by atoms with E-state index in [2.05, 4.69) is 21.2 Å². The zero-order valence-electron chi connectivity index (χ0n) is 17.9. The van der Waals surface area contributed by atoms with Gasteiger partial charge in [0.2, 0.25) is 5.91 Å². The number of benzene rings is 2. The number of rotatable bonds is 8. The van der Waals surface area contributed by atoms with Gasteiger partial charge in [0.05, 0.1) is 30.8 Å². The van der Waals surface area contributed by atoms with Gasteiger partial charge in [-0.2, -0.15) is 0 Å². The van der Waals surface area contributed by atoms with Gasteiger partial charge < -0.3 is 19.5 Å². The van der Waals surface area contributed by atoms with E-state index in [-0.39, 0.29) is 4.91 Å². The standard InChI is InChI=1S/C22H20BrClN2O6S/c1-4-32-18-10-14(23)12(7-17(18)31-3)8-19-21(28)26(22(29)33-19)11-20(27)25-13-5-6-16(30-2)15(24)9-13/h5-10H,4,11H2,1-3H3,(H,25,27)/b19-8-. The molecular weight excluding hydrogens is 536 g/mol. The number of amides is 3. The molecular formula is C22H20BrClN2O6S. The Balaban J connectivity index is 1.74. The molecule has 0 bridgehead atoms. The molecule has 2 aromatic carbocycles. The third kappa shape index (κ3) is 5.82. The van der Waals surface area contributed by atoms with Crippen molar-refractivity contribution in [1.29, 1.82) is 0 Å². The molecule has 0 radical (unpaired) electrons. The lowest BCUT2D eigenvalue weighted by molar-refractivity contribution is -0.127. The van der Waals surface area contributed by atoms with Crippen molar-refractivity contribution in [2.45, 2.75) is 6.92 Å². The van der Waals surface area contributed by atoms with E-state index < -0.39 is 23.6 Å². The first-order valence-electron chi connectivity index (χ1n) is 9.66. The summed E-state index contributed by atoms with van der Waals surface area (Å²) in [5.41, 5.74) is 1.04. The van der Waals surface area contributed by atoms with E-state index in [1.54, 1.807) is 30.3 Å². The highest BCUT2D eigenvalue weighted by Crippen LogP contribution is 2.38. The first kappa shape index (κ1) is 24.9. The number of hydrogen-bond acceptors (Lipinski definition) is 7. The minimum atomic E-state index is -0.562. The number of halogens is 2. The monoisotopic (exact) mass is 554 g/mol. The lowest BCUT2D eigenvalue weighted by atomic mass is 10.2. The van der Waals surface area contributed by atoms with Crippen LogP contribution in [0.25, 0.3) is 6.08 Å². The average molecular weight is 556 g/mol. The Hall–Kier alpha value is -2.69. The van der Waals surface area contributed by atoms with Gasteiger partial charge in [0.1, 0.15) is 12.3 Å². The molecule has 8 nitrogen and oxygen atoms in total. The van der Waals surface area contributed by atoms with Gasteiger partial charge in [-0.3, -0.25) is 19.3 Å². The van der Waals surface area contributed by atoms with Crippen LogP contribution >= 0.6 is 39.3 Å². The number of ether oxygens (including phenoxy) is 3. The number of imide groups is 1. The van der Waals surface area contributed by atoms with E-state index in [1.807, 2.05) is 6.92 Å². The number of carbonyl (C=O) groups excluding carboxylic acids is 3. The number of nitrogens with zero attached hydrogens (tertiary/aromatic N) is 1. The van der Waals surface area contributed by atoms with Crippen LogP contribution in [-0.4, -0.2) is 49.3 Å². The first-order valence-corrected chi connectivity index (χ1v) is 11.6. The van der Waals surface area contributed by atoms with Crippen molar-refractivity contribution in [3.8, 4) is 17.2 Å². The number of hydrogen-bond donors (Lipinski definition) is 1. The number of anilines is 1. The number of methoxy groups -OCH3 is 2. The summed E-state index contributed by atoms with van der Waals surface area (Å²) in [4.78, 5) is 38.7. The summed E-state index contributed by atoms with van der Waals surface area (Å²) in [6, 6.07) is 8.15. The van der Waals surface area contributed by atoms with Gasteiger partial charge in [0.25, 0.3) is 11.1 Å². The third-order valence-electron chi connectivity index (χ3n) is 4.48. The molecule has 2 aromatic rings. The van der Waals surface area contributed by atoms with Crippen LogP contribution in [0.15, 0.2) is 39.7 Å². The maximum Gasteiger partial charge on any atom is 0.294 e. The van der Waals surface area contributed by atoms with Crippen molar-refractivity contribution >= 4 is 68.1 Å². The van der Waals surface area contributed by atoms with E-state index in [1.165, 1.54) is 20.3 Å². The zero-order chi connectivity index (χ0) is 24.1. The molecule has 0 atom stereocenters. The fraction of sp³-hybridized carbons (Fsp3) is 0.227. The molecule has 0 spiro atoms. The van der Waals surface area contributed by atoms with Gasteiger partial charge in [0.15, 0.2) is 11.5 Å². The molecule has 1 saturated heterocycles. The fourth-order valence-electron chi connectivity index (χ4n) is 2.96. The summed E-state index contributed by atoms with van der Waals surface area (Å²) in [6.45, 7) is 1.89. The van der Waals surface area contributed by atoms with Crippen molar-refractivity contribution in [2.75, 3.05) is 32.7 Å².